The van der Waals surface area contributed by atoms with Crippen molar-refractivity contribution >= 4 is 34.0 Å². The van der Waals surface area contributed by atoms with Crippen LogP contribution in [0.15, 0.2) is 30.5 Å². The standard InChI is InChI=1S/C15H19N3S/c1-15(2)10-18(8-9-19-15)13-6-5-12-11(14(13)16)4-3-7-17-12/h3-7H,8-10,16H2,1-2H3. The van der Waals surface area contributed by atoms with Crippen molar-refractivity contribution in [3.05, 3.63) is 30.5 Å². The third kappa shape index (κ3) is 2.37. The van der Waals surface area contributed by atoms with Gasteiger partial charge in [-0.2, -0.15) is 11.8 Å². The highest BCUT2D eigenvalue weighted by Crippen LogP contribution is 2.36. The highest BCUT2D eigenvalue weighted by Gasteiger charge is 2.28. The van der Waals surface area contributed by atoms with Gasteiger partial charge in [-0.3, -0.25) is 4.98 Å². The van der Waals surface area contributed by atoms with Gasteiger partial charge in [0.2, 0.25) is 0 Å². The zero-order valence-electron chi connectivity index (χ0n) is 11.4. The van der Waals surface area contributed by atoms with E-state index in [0.29, 0.717) is 0 Å². The van der Waals surface area contributed by atoms with E-state index in [0.717, 1.165) is 41.1 Å². The molecule has 1 aliphatic heterocycles. The Morgan fingerprint density at radius 1 is 1.32 bits per heavy atom. The predicted octanol–water partition coefficient (Wildman–Crippen LogP) is 3.15. The van der Waals surface area contributed by atoms with E-state index in [1.165, 1.54) is 0 Å². The molecule has 0 saturated carbocycles. The molecule has 1 aliphatic rings. The van der Waals surface area contributed by atoms with Crippen molar-refractivity contribution in [1.82, 2.24) is 4.98 Å². The molecule has 2 aromatic rings. The number of nitrogens with two attached hydrogens (primary N) is 1. The number of aromatic nitrogens is 1. The molecule has 0 unspecified atom stereocenters. The zero-order valence-corrected chi connectivity index (χ0v) is 12.2. The van der Waals surface area contributed by atoms with Crippen LogP contribution in [-0.4, -0.2) is 28.6 Å². The van der Waals surface area contributed by atoms with Crippen LogP contribution >= 0.6 is 11.8 Å². The molecule has 19 heavy (non-hydrogen) atoms. The van der Waals surface area contributed by atoms with Crippen molar-refractivity contribution in [2.75, 3.05) is 29.5 Å². The Kier molecular flexibility index (Phi) is 3.05. The quantitative estimate of drug-likeness (QED) is 0.811. The minimum atomic E-state index is 0.286. The topological polar surface area (TPSA) is 42.2 Å². The average Bonchev–Trinajstić information content (AvgIpc) is 2.38. The Labute approximate surface area is 118 Å². The lowest BCUT2D eigenvalue weighted by Crippen LogP contribution is -2.43. The molecule has 0 radical (unpaired) electrons. The van der Waals surface area contributed by atoms with Crippen molar-refractivity contribution in [3.63, 3.8) is 0 Å². The first-order chi connectivity index (χ1) is 9.07. The Balaban J connectivity index is 2.03. The van der Waals surface area contributed by atoms with Crippen LogP contribution in [0.1, 0.15) is 13.8 Å². The average molecular weight is 273 g/mol. The summed E-state index contributed by atoms with van der Waals surface area (Å²) in [4.78, 5) is 6.76. The molecule has 0 atom stereocenters. The lowest BCUT2D eigenvalue weighted by Gasteiger charge is -2.39. The number of fused-ring (bicyclic) bond motifs is 1. The Hall–Kier alpha value is -1.42. The highest BCUT2D eigenvalue weighted by atomic mass is 32.2. The first kappa shape index (κ1) is 12.6. The van der Waals surface area contributed by atoms with Crippen molar-refractivity contribution in [3.8, 4) is 0 Å². The molecule has 0 bridgehead atoms. The second-order valence-corrected chi connectivity index (χ2v) is 7.40. The Morgan fingerprint density at radius 2 is 2.16 bits per heavy atom. The first-order valence-corrected chi connectivity index (χ1v) is 7.57. The molecule has 0 spiro atoms. The van der Waals surface area contributed by atoms with E-state index in [4.69, 9.17) is 5.73 Å². The van der Waals surface area contributed by atoms with Gasteiger partial charge < -0.3 is 10.6 Å². The molecule has 1 saturated heterocycles. The molecule has 1 aromatic carbocycles. The summed E-state index contributed by atoms with van der Waals surface area (Å²) in [6.45, 7) is 6.68. The maximum atomic E-state index is 6.35. The summed E-state index contributed by atoms with van der Waals surface area (Å²) < 4.78 is 0.286. The summed E-state index contributed by atoms with van der Waals surface area (Å²) >= 11 is 2.03. The molecule has 1 fully saturated rings. The number of anilines is 2. The van der Waals surface area contributed by atoms with E-state index in [2.05, 4.69) is 35.9 Å². The van der Waals surface area contributed by atoms with Crippen molar-refractivity contribution in [2.45, 2.75) is 18.6 Å². The number of benzene rings is 1. The molecular formula is C15H19N3S. The molecule has 100 valence electrons. The number of thioether (sulfide) groups is 1. The summed E-state index contributed by atoms with van der Waals surface area (Å²) in [6, 6.07) is 8.16. The predicted molar refractivity (Wildman–Crippen MR) is 84.9 cm³/mol. The third-order valence-electron chi connectivity index (χ3n) is 3.57. The largest absolute Gasteiger partial charge is 0.396 e. The second kappa shape index (κ2) is 4.60. The summed E-state index contributed by atoms with van der Waals surface area (Å²) in [5.41, 5.74) is 9.32. The SMILES string of the molecule is CC1(C)CN(c2ccc3ncccc3c2N)CCS1. The fourth-order valence-corrected chi connectivity index (χ4v) is 3.77. The molecule has 0 amide bonds. The summed E-state index contributed by atoms with van der Waals surface area (Å²) in [5.74, 6) is 1.15. The Morgan fingerprint density at radius 3 is 2.95 bits per heavy atom. The number of nitrogens with zero attached hydrogens (tertiary/aromatic N) is 2. The van der Waals surface area contributed by atoms with Gasteiger partial charge in [-0.1, -0.05) is 0 Å². The summed E-state index contributed by atoms with van der Waals surface area (Å²) in [7, 11) is 0. The van der Waals surface area contributed by atoms with Gasteiger partial charge in [0.05, 0.1) is 16.9 Å². The van der Waals surface area contributed by atoms with Gasteiger partial charge in [0, 0.05) is 35.2 Å². The number of hydrogen-bond donors (Lipinski definition) is 1. The van der Waals surface area contributed by atoms with E-state index < -0.39 is 0 Å². The van der Waals surface area contributed by atoms with Gasteiger partial charge in [-0.15, -0.1) is 0 Å². The molecule has 0 aliphatic carbocycles. The fourth-order valence-electron chi connectivity index (χ4n) is 2.66. The summed E-state index contributed by atoms with van der Waals surface area (Å²) in [5, 5.41) is 1.05. The normalized spacial score (nSPS) is 18.7. The van der Waals surface area contributed by atoms with Crippen molar-refractivity contribution < 1.29 is 0 Å². The van der Waals surface area contributed by atoms with Gasteiger partial charge in [0.1, 0.15) is 0 Å². The lowest BCUT2D eigenvalue weighted by atomic mass is 10.1. The van der Waals surface area contributed by atoms with Gasteiger partial charge in [0.15, 0.2) is 0 Å². The van der Waals surface area contributed by atoms with Crippen LogP contribution in [0.5, 0.6) is 0 Å². The maximum absolute atomic E-state index is 6.35. The molecule has 2 heterocycles. The van der Waals surface area contributed by atoms with Crippen LogP contribution in [-0.2, 0) is 0 Å². The first-order valence-electron chi connectivity index (χ1n) is 6.59. The van der Waals surface area contributed by atoms with Crippen LogP contribution in [0.2, 0.25) is 0 Å². The molecule has 4 heteroatoms. The van der Waals surface area contributed by atoms with Crippen molar-refractivity contribution in [2.24, 2.45) is 0 Å². The molecular weight excluding hydrogens is 254 g/mol. The van der Waals surface area contributed by atoms with Crippen LogP contribution in [0.25, 0.3) is 10.9 Å². The van der Waals surface area contributed by atoms with E-state index >= 15 is 0 Å². The van der Waals surface area contributed by atoms with E-state index in [1.54, 1.807) is 0 Å². The van der Waals surface area contributed by atoms with Crippen LogP contribution in [0.3, 0.4) is 0 Å². The minimum Gasteiger partial charge on any atom is -0.396 e. The van der Waals surface area contributed by atoms with Crippen LogP contribution in [0, 0.1) is 0 Å². The third-order valence-corrected chi connectivity index (χ3v) is 4.87. The van der Waals surface area contributed by atoms with Gasteiger partial charge in [0.25, 0.3) is 0 Å². The lowest BCUT2D eigenvalue weighted by molar-refractivity contribution is 0.648. The molecule has 2 N–H and O–H groups in total. The molecule has 3 nitrogen and oxygen atoms in total. The highest BCUT2D eigenvalue weighted by molar-refractivity contribution is 8.00. The monoisotopic (exact) mass is 273 g/mol. The van der Waals surface area contributed by atoms with E-state index in [9.17, 15) is 0 Å². The summed E-state index contributed by atoms with van der Waals surface area (Å²) in [6.07, 6.45) is 1.81. The Bertz CT molecular complexity index is 609. The van der Waals surface area contributed by atoms with Gasteiger partial charge in [-0.05, 0) is 38.1 Å². The maximum Gasteiger partial charge on any atom is 0.0724 e. The number of rotatable bonds is 1. The second-order valence-electron chi connectivity index (χ2n) is 5.60. The smallest absolute Gasteiger partial charge is 0.0724 e. The number of hydrogen-bond acceptors (Lipinski definition) is 4. The molecule has 3 rings (SSSR count). The molecule has 1 aromatic heterocycles. The zero-order chi connectivity index (χ0) is 13.5. The van der Waals surface area contributed by atoms with Gasteiger partial charge in [-0.25, -0.2) is 0 Å². The van der Waals surface area contributed by atoms with Crippen LogP contribution < -0.4 is 10.6 Å². The van der Waals surface area contributed by atoms with Crippen LogP contribution in [0.4, 0.5) is 11.4 Å². The number of nitrogen functional groups attached to an aromatic ring is 1. The number of pyridine rings is 1. The fraction of sp³-hybridized carbons (Fsp3) is 0.400. The van der Waals surface area contributed by atoms with Gasteiger partial charge >= 0.3 is 0 Å². The van der Waals surface area contributed by atoms with E-state index in [1.807, 2.05) is 30.1 Å². The van der Waals surface area contributed by atoms with E-state index in [-0.39, 0.29) is 4.75 Å². The minimum absolute atomic E-state index is 0.286. The van der Waals surface area contributed by atoms with Crippen molar-refractivity contribution in [1.29, 1.82) is 0 Å².